The third-order valence-corrected chi connectivity index (χ3v) is 3.73. The molecule has 0 spiro atoms. The molecule has 0 aromatic heterocycles. The van der Waals surface area contributed by atoms with Crippen LogP contribution >= 0.6 is 0 Å². The summed E-state index contributed by atoms with van der Waals surface area (Å²) in [6, 6.07) is 3.54. The van der Waals surface area contributed by atoms with E-state index in [0.717, 1.165) is 25.6 Å². The fourth-order valence-electron chi connectivity index (χ4n) is 2.58. The number of ether oxygens (including phenoxy) is 1. The monoisotopic (exact) mass is 283 g/mol. The summed E-state index contributed by atoms with van der Waals surface area (Å²) >= 11 is 0. The molecule has 2 nitrogen and oxygen atoms in total. The summed E-state index contributed by atoms with van der Waals surface area (Å²) in [6.07, 6.45) is 7.59. The van der Waals surface area contributed by atoms with Gasteiger partial charge < -0.3 is 10.1 Å². The van der Waals surface area contributed by atoms with Crippen LogP contribution < -0.4 is 5.32 Å². The zero-order valence-corrected chi connectivity index (χ0v) is 11.8. The summed E-state index contributed by atoms with van der Waals surface area (Å²) in [5, 5.41) is 3.12. The van der Waals surface area contributed by atoms with Crippen molar-refractivity contribution in [1.29, 1.82) is 0 Å². The summed E-state index contributed by atoms with van der Waals surface area (Å²) in [6.45, 7) is 1.85. The summed E-state index contributed by atoms with van der Waals surface area (Å²) in [7, 11) is 0. The van der Waals surface area contributed by atoms with Gasteiger partial charge in [0.1, 0.15) is 11.6 Å². The molecule has 1 fully saturated rings. The van der Waals surface area contributed by atoms with Gasteiger partial charge in [-0.15, -0.1) is 0 Å². The number of halogens is 2. The van der Waals surface area contributed by atoms with Gasteiger partial charge in [-0.05, 0) is 44.0 Å². The smallest absolute Gasteiger partial charge is 0.127 e. The molecule has 0 atom stereocenters. The Hall–Kier alpha value is -1.00. The van der Waals surface area contributed by atoms with Crippen LogP contribution in [0.5, 0.6) is 0 Å². The molecule has 1 saturated carbocycles. The van der Waals surface area contributed by atoms with Gasteiger partial charge in [0.2, 0.25) is 0 Å². The van der Waals surface area contributed by atoms with Gasteiger partial charge in [0.15, 0.2) is 0 Å². The molecule has 0 amide bonds. The number of hydrogen-bond acceptors (Lipinski definition) is 2. The lowest BCUT2D eigenvalue weighted by atomic mass is 9.98. The largest absolute Gasteiger partial charge is 0.378 e. The Morgan fingerprint density at radius 1 is 1.15 bits per heavy atom. The quantitative estimate of drug-likeness (QED) is 0.769. The van der Waals surface area contributed by atoms with Crippen LogP contribution in [0.3, 0.4) is 0 Å². The second kappa shape index (κ2) is 8.32. The molecule has 1 aliphatic carbocycles. The van der Waals surface area contributed by atoms with Crippen molar-refractivity contribution in [3.05, 3.63) is 35.4 Å². The van der Waals surface area contributed by atoms with E-state index in [0.29, 0.717) is 18.2 Å². The Balaban J connectivity index is 1.56. The van der Waals surface area contributed by atoms with Crippen LogP contribution in [0.2, 0.25) is 0 Å². The van der Waals surface area contributed by atoms with E-state index in [9.17, 15) is 8.78 Å². The first-order valence-electron chi connectivity index (χ1n) is 7.52. The highest BCUT2D eigenvalue weighted by Crippen LogP contribution is 2.20. The lowest BCUT2D eigenvalue weighted by Gasteiger charge is -2.21. The predicted molar refractivity (Wildman–Crippen MR) is 75.5 cm³/mol. The predicted octanol–water partition coefficient (Wildman–Crippen LogP) is 3.79. The Kier molecular flexibility index (Phi) is 6.40. The van der Waals surface area contributed by atoms with Crippen molar-refractivity contribution in [2.24, 2.45) is 0 Å². The minimum absolute atomic E-state index is 0.354. The van der Waals surface area contributed by atoms with Crippen molar-refractivity contribution in [3.8, 4) is 0 Å². The lowest BCUT2D eigenvalue weighted by Crippen LogP contribution is -2.21. The number of hydrogen-bond donors (Lipinski definition) is 1. The number of benzene rings is 1. The van der Waals surface area contributed by atoms with Gasteiger partial charge in [0, 0.05) is 18.7 Å². The molecule has 20 heavy (non-hydrogen) atoms. The van der Waals surface area contributed by atoms with Crippen LogP contribution in [0.1, 0.15) is 44.1 Å². The van der Waals surface area contributed by atoms with E-state index in [-0.39, 0.29) is 5.82 Å². The Morgan fingerprint density at radius 3 is 2.75 bits per heavy atom. The van der Waals surface area contributed by atoms with Crippen molar-refractivity contribution in [1.82, 2.24) is 5.32 Å². The van der Waals surface area contributed by atoms with Crippen LogP contribution in [-0.4, -0.2) is 19.3 Å². The van der Waals surface area contributed by atoms with E-state index in [1.807, 2.05) is 0 Å². The van der Waals surface area contributed by atoms with Gasteiger partial charge in [0.05, 0.1) is 6.10 Å². The molecule has 0 aliphatic heterocycles. The highest BCUT2D eigenvalue weighted by Gasteiger charge is 2.12. The van der Waals surface area contributed by atoms with E-state index >= 15 is 0 Å². The average molecular weight is 283 g/mol. The summed E-state index contributed by atoms with van der Waals surface area (Å²) in [4.78, 5) is 0. The summed E-state index contributed by atoms with van der Waals surface area (Å²) in [5.74, 6) is -0.763. The highest BCUT2D eigenvalue weighted by atomic mass is 19.1. The molecule has 112 valence electrons. The van der Waals surface area contributed by atoms with Gasteiger partial charge in [0.25, 0.3) is 0 Å². The van der Waals surface area contributed by atoms with Crippen LogP contribution in [0.25, 0.3) is 0 Å². The van der Waals surface area contributed by atoms with Crippen LogP contribution in [0.15, 0.2) is 18.2 Å². The minimum atomic E-state index is -0.399. The molecule has 1 aromatic carbocycles. The van der Waals surface area contributed by atoms with E-state index in [4.69, 9.17) is 4.74 Å². The van der Waals surface area contributed by atoms with E-state index in [2.05, 4.69) is 5.32 Å². The molecule has 0 radical (unpaired) electrons. The molecule has 4 heteroatoms. The van der Waals surface area contributed by atoms with Crippen molar-refractivity contribution >= 4 is 0 Å². The SMILES string of the molecule is Fc1ccc(F)c(CNCCCOC2CCCCC2)c1. The Bertz CT molecular complexity index is 405. The number of nitrogens with one attached hydrogen (secondary N) is 1. The molecule has 0 unspecified atom stereocenters. The second-order valence-electron chi connectivity index (χ2n) is 5.40. The van der Waals surface area contributed by atoms with Gasteiger partial charge in [-0.2, -0.15) is 0 Å². The molecule has 1 N–H and O–H groups in total. The molecular weight excluding hydrogens is 260 g/mol. The first kappa shape index (κ1) is 15.4. The normalized spacial score (nSPS) is 16.5. The minimum Gasteiger partial charge on any atom is -0.378 e. The average Bonchev–Trinajstić information content (AvgIpc) is 2.47. The highest BCUT2D eigenvalue weighted by molar-refractivity contribution is 5.18. The third-order valence-electron chi connectivity index (χ3n) is 3.73. The van der Waals surface area contributed by atoms with Gasteiger partial charge >= 0.3 is 0 Å². The molecule has 1 aromatic rings. The summed E-state index contributed by atoms with van der Waals surface area (Å²) in [5.41, 5.74) is 0.373. The van der Waals surface area contributed by atoms with E-state index in [1.165, 1.54) is 44.2 Å². The first-order chi connectivity index (χ1) is 9.75. The maximum Gasteiger partial charge on any atom is 0.127 e. The van der Waals surface area contributed by atoms with Crippen molar-refractivity contribution in [3.63, 3.8) is 0 Å². The Morgan fingerprint density at radius 2 is 1.95 bits per heavy atom. The van der Waals surface area contributed by atoms with E-state index < -0.39 is 5.82 Å². The Labute approximate surface area is 119 Å². The van der Waals surface area contributed by atoms with Crippen LogP contribution in [-0.2, 0) is 11.3 Å². The van der Waals surface area contributed by atoms with E-state index in [1.54, 1.807) is 0 Å². The third kappa shape index (κ3) is 5.17. The van der Waals surface area contributed by atoms with Gasteiger partial charge in [-0.1, -0.05) is 19.3 Å². The van der Waals surface area contributed by atoms with Crippen molar-refractivity contribution in [2.45, 2.75) is 51.2 Å². The lowest BCUT2D eigenvalue weighted by molar-refractivity contribution is 0.0273. The van der Waals surface area contributed by atoms with Crippen molar-refractivity contribution < 1.29 is 13.5 Å². The maximum atomic E-state index is 13.4. The van der Waals surface area contributed by atoms with Crippen LogP contribution in [0.4, 0.5) is 8.78 Å². The molecule has 0 saturated heterocycles. The molecule has 1 aliphatic rings. The van der Waals surface area contributed by atoms with Crippen LogP contribution in [0, 0.1) is 11.6 Å². The molecule has 2 rings (SSSR count). The first-order valence-corrected chi connectivity index (χ1v) is 7.52. The summed E-state index contributed by atoms with van der Waals surface area (Å²) < 4.78 is 32.1. The standard InChI is InChI=1S/C16H23F2NO/c17-14-7-8-16(18)13(11-14)12-19-9-4-10-20-15-5-2-1-3-6-15/h7-8,11,15,19H,1-6,9-10,12H2. The zero-order valence-electron chi connectivity index (χ0n) is 11.8. The molecule has 0 heterocycles. The maximum absolute atomic E-state index is 13.4. The topological polar surface area (TPSA) is 21.3 Å². The van der Waals surface area contributed by atoms with Gasteiger partial charge in [-0.3, -0.25) is 0 Å². The molecule has 0 bridgehead atoms. The molecular formula is C16H23F2NO. The number of rotatable bonds is 7. The zero-order chi connectivity index (χ0) is 14.2. The second-order valence-corrected chi connectivity index (χ2v) is 5.40. The van der Waals surface area contributed by atoms with Crippen molar-refractivity contribution in [2.75, 3.05) is 13.2 Å². The fourth-order valence-corrected chi connectivity index (χ4v) is 2.58. The fraction of sp³-hybridized carbons (Fsp3) is 0.625. The van der Waals surface area contributed by atoms with Gasteiger partial charge in [-0.25, -0.2) is 8.78 Å².